The highest BCUT2D eigenvalue weighted by Crippen LogP contribution is 2.58. The SMILES string of the molecule is CC(C)(C)OC(=O)C1CC=C2c3ccccc3NC2C12C(=O)N(C(=O)OC(C)(C)C)c1ccccc12. The summed E-state index contributed by atoms with van der Waals surface area (Å²) >= 11 is 0. The fraction of sp³-hybridized carbons (Fsp3) is 0.414. The number of carbonyl (C=O) groups is 3. The first kappa shape index (κ1) is 24.1. The summed E-state index contributed by atoms with van der Waals surface area (Å²) in [4.78, 5) is 42.8. The van der Waals surface area contributed by atoms with E-state index in [-0.39, 0.29) is 0 Å². The van der Waals surface area contributed by atoms with Crippen molar-refractivity contribution in [2.75, 3.05) is 10.2 Å². The molecule has 1 aliphatic carbocycles. The first-order valence-electron chi connectivity index (χ1n) is 12.3. The molecule has 7 nitrogen and oxygen atoms in total. The van der Waals surface area contributed by atoms with Crippen LogP contribution >= 0.6 is 0 Å². The minimum Gasteiger partial charge on any atom is -0.460 e. The third kappa shape index (κ3) is 3.60. The number of para-hydroxylation sites is 2. The summed E-state index contributed by atoms with van der Waals surface area (Å²) in [6.45, 7) is 10.7. The molecule has 0 radical (unpaired) electrons. The van der Waals surface area contributed by atoms with Crippen LogP contribution in [0.3, 0.4) is 0 Å². The van der Waals surface area contributed by atoms with Gasteiger partial charge in [-0.05, 0) is 71.2 Å². The molecular formula is C29H32N2O5. The maximum atomic E-state index is 14.6. The average Bonchev–Trinajstić information content (AvgIpc) is 3.26. The highest BCUT2D eigenvalue weighted by molar-refractivity contribution is 6.24. The number of anilines is 2. The van der Waals surface area contributed by atoms with Gasteiger partial charge in [-0.25, -0.2) is 9.69 Å². The second kappa shape index (κ2) is 7.95. The quantitative estimate of drug-likeness (QED) is 0.538. The fourth-order valence-electron chi connectivity index (χ4n) is 5.66. The van der Waals surface area contributed by atoms with Crippen LogP contribution in [-0.2, 0) is 24.5 Å². The van der Waals surface area contributed by atoms with Gasteiger partial charge < -0.3 is 14.8 Å². The van der Waals surface area contributed by atoms with Crippen molar-refractivity contribution in [2.24, 2.45) is 5.92 Å². The molecule has 3 aliphatic rings. The van der Waals surface area contributed by atoms with Crippen molar-refractivity contribution in [1.82, 2.24) is 0 Å². The second-order valence-corrected chi connectivity index (χ2v) is 11.6. The average molecular weight is 489 g/mol. The van der Waals surface area contributed by atoms with E-state index in [1.54, 1.807) is 32.9 Å². The van der Waals surface area contributed by atoms with Crippen LogP contribution in [0.25, 0.3) is 5.57 Å². The molecule has 2 aromatic rings. The lowest BCUT2D eigenvalue weighted by molar-refractivity contribution is -0.164. The van der Waals surface area contributed by atoms with Gasteiger partial charge >= 0.3 is 12.1 Å². The van der Waals surface area contributed by atoms with Gasteiger partial charge in [0.2, 0.25) is 0 Å². The zero-order valence-corrected chi connectivity index (χ0v) is 21.5. The minimum absolute atomic E-state index is 0.305. The maximum absolute atomic E-state index is 14.6. The number of nitrogens with one attached hydrogen (secondary N) is 1. The van der Waals surface area contributed by atoms with Gasteiger partial charge in [0, 0.05) is 11.3 Å². The number of hydrogen-bond acceptors (Lipinski definition) is 6. The van der Waals surface area contributed by atoms with E-state index < -0.39 is 46.5 Å². The van der Waals surface area contributed by atoms with Gasteiger partial charge in [0.05, 0.1) is 17.6 Å². The van der Waals surface area contributed by atoms with Crippen LogP contribution < -0.4 is 10.2 Å². The zero-order chi connectivity index (χ0) is 26.0. The van der Waals surface area contributed by atoms with Gasteiger partial charge in [0.25, 0.3) is 5.91 Å². The number of amides is 2. The number of benzene rings is 2. The summed E-state index contributed by atoms with van der Waals surface area (Å²) < 4.78 is 11.5. The summed E-state index contributed by atoms with van der Waals surface area (Å²) in [7, 11) is 0. The molecule has 0 saturated carbocycles. The Morgan fingerprint density at radius 2 is 1.58 bits per heavy atom. The summed E-state index contributed by atoms with van der Waals surface area (Å²) in [6, 6.07) is 14.5. The van der Waals surface area contributed by atoms with E-state index in [9.17, 15) is 14.4 Å². The molecule has 1 spiro atoms. The largest absolute Gasteiger partial charge is 0.460 e. The van der Waals surface area contributed by atoms with Gasteiger partial charge in [0.15, 0.2) is 0 Å². The van der Waals surface area contributed by atoms with Crippen molar-refractivity contribution in [2.45, 2.75) is 70.6 Å². The molecule has 2 heterocycles. The Kier molecular flexibility index (Phi) is 5.32. The molecule has 2 aliphatic heterocycles. The van der Waals surface area contributed by atoms with Crippen LogP contribution in [0, 0.1) is 5.92 Å². The molecule has 1 N–H and O–H groups in total. The molecule has 2 amide bonds. The van der Waals surface area contributed by atoms with E-state index in [1.165, 1.54) is 0 Å². The number of rotatable bonds is 1. The summed E-state index contributed by atoms with van der Waals surface area (Å²) in [5, 5.41) is 3.52. The van der Waals surface area contributed by atoms with E-state index in [4.69, 9.17) is 9.47 Å². The first-order chi connectivity index (χ1) is 16.8. The van der Waals surface area contributed by atoms with Crippen LogP contribution in [-0.4, -0.2) is 35.2 Å². The molecule has 3 atom stereocenters. The molecule has 0 saturated heterocycles. The number of nitrogens with zero attached hydrogens (tertiary/aromatic N) is 1. The van der Waals surface area contributed by atoms with Crippen LogP contribution in [0.4, 0.5) is 16.2 Å². The number of fused-ring (bicyclic) bond motifs is 6. The summed E-state index contributed by atoms with van der Waals surface area (Å²) in [5.41, 5.74) is 0.951. The number of imide groups is 1. The standard InChI is InChI=1S/C29H32N2O5/c1-27(2,3)35-24(32)20-16-15-18-17-11-7-9-13-21(17)30-23(18)29(20)19-12-8-10-14-22(19)31(25(29)33)26(34)36-28(4,5)6/h7-15,20,23,30H,16H2,1-6H3. The Hall–Kier alpha value is -3.61. The molecule has 0 aromatic heterocycles. The van der Waals surface area contributed by atoms with E-state index >= 15 is 0 Å². The minimum atomic E-state index is -1.39. The Labute approximate surface area is 211 Å². The second-order valence-electron chi connectivity index (χ2n) is 11.6. The van der Waals surface area contributed by atoms with Crippen molar-refractivity contribution in [3.05, 3.63) is 65.7 Å². The molecule has 5 rings (SSSR count). The molecular weight excluding hydrogens is 456 g/mol. The molecule has 3 unspecified atom stereocenters. The monoisotopic (exact) mass is 488 g/mol. The van der Waals surface area contributed by atoms with E-state index in [0.29, 0.717) is 17.7 Å². The van der Waals surface area contributed by atoms with E-state index in [2.05, 4.69) is 5.32 Å². The Morgan fingerprint density at radius 1 is 0.944 bits per heavy atom. The molecule has 0 fully saturated rings. The number of allylic oxidation sites excluding steroid dienone is 1. The number of esters is 1. The van der Waals surface area contributed by atoms with Crippen molar-refractivity contribution >= 4 is 34.9 Å². The van der Waals surface area contributed by atoms with Crippen molar-refractivity contribution < 1.29 is 23.9 Å². The molecule has 7 heteroatoms. The van der Waals surface area contributed by atoms with Crippen LogP contribution in [0.2, 0.25) is 0 Å². The topological polar surface area (TPSA) is 84.9 Å². The Balaban J connectivity index is 1.72. The fourth-order valence-corrected chi connectivity index (χ4v) is 5.66. The van der Waals surface area contributed by atoms with Gasteiger partial charge in [-0.2, -0.15) is 0 Å². The van der Waals surface area contributed by atoms with Crippen molar-refractivity contribution in [3.8, 4) is 0 Å². The number of carbonyl (C=O) groups excluding carboxylic acids is 3. The first-order valence-corrected chi connectivity index (χ1v) is 12.3. The van der Waals surface area contributed by atoms with Crippen LogP contribution in [0.1, 0.15) is 59.1 Å². The highest BCUT2D eigenvalue weighted by atomic mass is 16.6. The summed E-state index contributed by atoms with van der Waals surface area (Å²) in [5.74, 6) is -1.79. The Morgan fingerprint density at radius 3 is 2.28 bits per heavy atom. The predicted molar refractivity (Wildman–Crippen MR) is 138 cm³/mol. The normalized spacial score (nSPS) is 24.4. The van der Waals surface area contributed by atoms with Gasteiger partial charge in [-0.3, -0.25) is 9.59 Å². The Bertz CT molecular complexity index is 1300. The van der Waals surface area contributed by atoms with E-state index in [1.807, 2.05) is 63.2 Å². The molecule has 0 bridgehead atoms. The lowest BCUT2D eigenvalue weighted by Crippen LogP contribution is -2.60. The third-order valence-electron chi connectivity index (χ3n) is 6.84. The third-order valence-corrected chi connectivity index (χ3v) is 6.84. The van der Waals surface area contributed by atoms with Crippen molar-refractivity contribution in [3.63, 3.8) is 0 Å². The molecule has 36 heavy (non-hydrogen) atoms. The zero-order valence-electron chi connectivity index (χ0n) is 21.5. The summed E-state index contributed by atoms with van der Waals surface area (Å²) in [6.07, 6.45) is 1.57. The van der Waals surface area contributed by atoms with Gasteiger partial charge in [-0.1, -0.05) is 42.5 Å². The predicted octanol–water partition coefficient (Wildman–Crippen LogP) is 5.45. The van der Waals surface area contributed by atoms with Crippen LogP contribution in [0.5, 0.6) is 0 Å². The number of hydrogen-bond donors (Lipinski definition) is 1. The molecule has 188 valence electrons. The molecule has 2 aromatic carbocycles. The van der Waals surface area contributed by atoms with Crippen LogP contribution in [0.15, 0.2) is 54.6 Å². The van der Waals surface area contributed by atoms with Crippen molar-refractivity contribution in [1.29, 1.82) is 0 Å². The maximum Gasteiger partial charge on any atom is 0.421 e. The lowest BCUT2D eigenvalue weighted by Gasteiger charge is -2.43. The van der Waals surface area contributed by atoms with Gasteiger partial charge in [0.1, 0.15) is 16.6 Å². The van der Waals surface area contributed by atoms with E-state index in [0.717, 1.165) is 21.7 Å². The number of ether oxygens (including phenoxy) is 2. The lowest BCUT2D eigenvalue weighted by atomic mass is 9.60. The smallest absolute Gasteiger partial charge is 0.421 e. The van der Waals surface area contributed by atoms with Gasteiger partial charge in [-0.15, -0.1) is 0 Å². The highest BCUT2D eigenvalue weighted by Gasteiger charge is 2.67.